The lowest BCUT2D eigenvalue weighted by Crippen LogP contribution is -2.46. The molecule has 7 nitrogen and oxygen atoms in total. The van der Waals surface area contributed by atoms with Crippen molar-refractivity contribution in [1.29, 1.82) is 5.26 Å². The van der Waals surface area contributed by atoms with E-state index in [1.165, 1.54) is 0 Å². The summed E-state index contributed by atoms with van der Waals surface area (Å²) in [6.07, 6.45) is 3.71. The van der Waals surface area contributed by atoms with Crippen molar-refractivity contribution >= 4 is 11.9 Å². The number of nitriles is 1. The quantitative estimate of drug-likeness (QED) is 0.731. The molecule has 0 aliphatic rings. The zero-order chi connectivity index (χ0) is 16.4. The van der Waals surface area contributed by atoms with E-state index in [-0.39, 0.29) is 12.5 Å². The van der Waals surface area contributed by atoms with Crippen LogP contribution in [0.5, 0.6) is 0 Å². The van der Waals surface area contributed by atoms with E-state index < -0.39 is 18.0 Å². The fourth-order valence-corrected chi connectivity index (χ4v) is 1.77. The number of urea groups is 1. The predicted molar refractivity (Wildman–Crippen MR) is 80.5 cm³/mol. The van der Waals surface area contributed by atoms with E-state index in [2.05, 4.69) is 20.9 Å². The third-order valence-electron chi connectivity index (χ3n) is 2.81. The summed E-state index contributed by atoms with van der Waals surface area (Å²) < 4.78 is 0. The van der Waals surface area contributed by atoms with Crippen molar-refractivity contribution in [2.45, 2.75) is 32.9 Å². The van der Waals surface area contributed by atoms with E-state index in [0.29, 0.717) is 13.0 Å². The first-order chi connectivity index (χ1) is 10.5. The Morgan fingerprint density at radius 3 is 2.59 bits per heavy atom. The van der Waals surface area contributed by atoms with Gasteiger partial charge in [0.1, 0.15) is 12.6 Å². The molecule has 1 unspecified atom stereocenters. The van der Waals surface area contributed by atoms with Crippen molar-refractivity contribution in [2.75, 3.05) is 6.54 Å². The van der Waals surface area contributed by atoms with Gasteiger partial charge in [0.25, 0.3) is 0 Å². The van der Waals surface area contributed by atoms with Crippen molar-refractivity contribution in [3.8, 4) is 6.07 Å². The summed E-state index contributed by atoms with van der Waals surface area (Å²) in [5.41, 5.74) is 0.896. The number of carbonyl (C=O) groups is 2. The summed E-state index contributed by atoms with van der Waals surface area (Å²) >= 11 is 0. The minimum absolute atomic E-state index is 0.0957. The number of aromatic nitrogens is 1. The molecular weight excluding hydrogens is 282 g/mol. The van der Waals surface area contributed by atoms with Gasteiger partial charge in [-0.25, -0.2) is 10.1 Å². The van der Waals surface area contributed by atoms with Crippen molar-refractivity contribution in [2.24, 2.45) is 5.92 Å². The zero-order valence-corrected chi connectivity index (χ0v) is 12.7. The fourth-order valence-electron chi connectivity index (χ4n) is 1.77. The number of nitrogens with zero attached hydrogens (tertiary/aromatic N) is 3. The van der Waals surface area contributed by atoms with Gasteiger partial charge in [0.15, 0.2) is 0 Å². The van der Waals surface area contributed by atoms with Crippen LogP contribution in [-0.4, -0.2) is 29.5 Å². The van der Waals surface area contributed by atoms with Gasteiger partial charge in [-0.1, -0.05) is 13.8 Å². The van der Waals surface area contributed by atoms with Gasteiger partial charge in [0, 0.05) is 18.9 Å². The lowest BCUT2D eigenvalue weighted by atomic mass is 10.0. The van der Waals surface area contributed by atoms with Gasteiger partial charge in [0.05, 0.1) is 6.07 Å². The highest BCUT2D eigenvalue weighted by molar-refractivity contribution is 5.86. The molecule has 2 N–H and O–H groups in total. The SMILES string of the molecule is CC(C)CC([N]C(=O)NCc1ccncc1)C(=O)NCC#N. The summed E-state index contributed by atoms with van der Waals surface area (Å²) in [6.45, 7) is 4.10. The molecule has 117 valence electrons. The Morgan fingerprint density at radius 2 is 2.00 bits per heavy atom. The highest BCUT2D eigenvalue weighted by atomic mass is 16.2. The number of rotatable bonds is 7. The lowest BCUT2D eigenvalue weighted by molar-refractivity contribution is -0.123. The topological polar surface area (TPSA) is 109 Å². The molecule has 1 aromatic rings. The highest BCUT2D eigenvalue weighted by Crippen LogP contribution is 2.06. The Kier molecular flexibility index (Phi) is 7.40. The van der Waals surface area contributed by atoms with Gasteiger partial charge in [-0.2, -0.15) is 5.26 Å². The maximum absolute atomic E-state index is 11.9. The zero-order valence-electron chi connectivity index (χ0n) is 12.7. The Hall–Kier alpha value is -2.62. The van der Waals surface area contributed by atoms with Crippen LogP contribution in [0.25, 0.3) is 0 Å². The van der Waals surface area contributed by atoms with Gasteiger partial charge in [-0.15, -0.1) is 0 Å². The highest BCUT2D eigenvalue weighted by Gasteiger charge is 2.23. The summed E-state index contributed by atoms with van der Waals surface area (Å²) in [6, 6.07) is 4.06. The summed E-state index contributed by atoms with van der Waals surface area (Å²) in [4.78, 5) is 27.6. The smallest absolute Gasteiger partial charge is 0.337 e. The monoisotopic (exact) mass is 302 g/mol. The summed E-state index contributed by atoms with van der Waals surface area (Å²) in [5, 5.41) is 17.5. The average molecular weight is 302 g/mol. The molecule has 1 atom stereocenters. The molecule has 1 aromatic heterocycles. The van der Waals surface area contributed by atoms with E-state index in [1.54, 1.807) is 24.5 Å². The molecule has 0 saturated carbocycles. The maximum atomic E-state index is 11.9. The van der Waals surface area contributed by atoms with Crippen LogP contribution in [-0.2, 0) is 11.3 Å². The molecule has 0 spiro atoms. The molecule has 7 heteroatoms. The Morgan fingerprint density at radius 1 is 1.32 bits per heavy atom. The van der Waals surface area contributed by atoms with E-state index in [0.717, 1.165) is 5.56 Å². The third-order valence-corrected chi connectivity index (χ3v) is 2.81. The maximum Gasteiger partial charge on any atom is 0.337 e. The molecule has 1 rings (SSSR count). The number of nitrogens with one attached hydrogen (secondary N) is 2. The Balaban J connectivity index is 2.51. The molecule has 0 aliphatic carbocycles. The standard InChI is InChI=1S/C15H20N5O2/c1-11(2)9-13(14(21)18-8-5-16)20-15(22)19-10-12-3-6-17-7-4-12/h3-4,6-7,11,13H,8-10H2,1-2H3,(H,18,21)(H,19,22). The van der Waals surface area contributed by atoms with Gasteiger partial charge in [-0.05, 0) is 30.0 Å². The number of hydrogen-bond donors (Lipinski definition) is 2. The molecule has 0 bridgehead atoms. The molecule has 0 saturated heterocycles. The van der Waals surface area contributed by atoms with Crippen LogP contribution in [0.3, 0.4) is 0 Å². The van der Waals surface area contributed by atoms with Gasteiger partial charge >= 0.3 is 6.03 Å². The van der Waals surface area contributed by atoms with Crippen molar-refractivity contribution in [3.05, 3.63) is 30.1 Å². The minimum Gasteiger partial charge on any atom is -0.341 e. The predicted octanol–water partition coefficient (Wildman–Crippen LogP) is 0.950. The van der Waals surface area contributed by atoms with Crippen molar-refractivity contribution < 1.29 is 9.59 Å². The van der Waals surface area contributed by atoms with Gasteiger partial charge in [0.2, 0.25) is 5.91 Å². The number of carbonyl (C=O) groups excluding carboxylic acids is 2. The van der Waals surface area contributed by atoms with E-state index in [4.69, 9.17) is 5.26 Å². The van der Waals surface area contributed by atoms with Crippen molar-refractivity contribution in [1.82, 2.24) is 20.9 Å². The molecule has 0 aliphatic heterocycles. The van der Waals surface area contributed by atoms with Crippen LogP contribution < -0.4 is 16.0 Å². The summed E-state index contributed by atoms with van der Waals surface area (Å²) in [5.74, 6) is -0.205. The molecule has 0 fully saturated rings. The van der Waals surface area contributed by atoms with Crippen LogP contribution in [0.2, 0.25) is 0 Å². The first-order valence-electron chi connectivity index (χ1n) is 7.05. The molecule has 1 radical (unpaired) electrons. The first-order valence-corrected chi connectivity index (χ1v) is 7.05. The largest absolute Gasteiger partial charge is 0.341 e. The van der Waals surface area contributed by atoms with Gasteiger partial charge in [-0.3, -0.25) is 9.78 Å². The number of pyridine rings is 1. The lowest BCUT2D eigenvalue weighted by Gasteiger charge is -2.17. The van der Waals surface area contributed by atoms with Crippen LogP contribution in [0.15, 0.2) is 24.5 Å². The van der Waals surface area contributed by atoms with Crippen LogP contribution in [0, 0.1) is 17.2 Å². The molecule has 1 heterocycles. The second kappa shape index (κ2) is 9.34. The average Bonchev–Trinajstić information content (AvgIpc) is 2.50. The Labute approximate surface area is 130 Å². The molecule has 22 heavy (non-hydrogen) atoms. The normalized spacial score (nSPS) is 11.4. The molecular formula is C15H20N5O2. The minimum atomic E-state index is -0.786. The van der Waals surface area contributed by atoms with Gasteiger partial charge < -0.3 is 10.6 Å². The van der Waals surface area contributed by atoms with E-state index >= 15 is 0 Å². The van der Waals surface area contributed by atoms with Crippen molar-refractivity contribution in [3.63, 3.8) is 0 Å². The van der Waals surface area contributed by atoms with Crippen LogP contribution in [0.4, 0.5) is 4.79 Å². The second-order valence-electron chi connectivity index (χ2n) is 5.16. The van der Waals surface area contributed by atoms with E-state index in [9.17, 15) is 9.59 Å². The first kappa shape index (κ1) is 17.4. The Bertz CT molecular complexity index is 524. The second-order valence-corrected chi connectivity index (χ2v) is 5.16. The van der Waals surface area contributed by atoms with E-state index in [1.807, 2.05) is 19.9 Å². The third kappa shape index (κ3) is 6.70. The molecule has 0 aromatic carbocycles. The van der Waals surface area contributed by atoms with Crippen LogP contribution >= 0.6 is 0 Å². The molecule has 3 amide bonds. The number of hydrogen-bond acceptors (Lipinski definition) is 4. The van der Waals surface area contributed by atoms with Crippen LogP contribution in [0.1, 0.15) is 25.8 Å². The summed E-state index contributed by atoms with van der Waals surface area (Å²) in [7, 11) is 0. The fraction of sp³-hybridized carbons (Fsp3) is 0.467. The number of amides is 3.